The van der Waals surface area contributed by atoms with Crippen molar-refractivity contribution in [1.82, 2.24) is 4.98 Å². The van der Waals surface area contributed by atoms with Crippen LogP contribution in [0.1, 0.15) is 20.3 Å². The van der Waals surface area contributed by atoms with Crippen molar-refractivity contribution in [3.8, 4) is 0 Å². The predicted molar refractivity (Wildman–Crippen MR) is 77.0 cm³/mol. The summed E-state index contributed by atoms with van der Waals surface area (Å²) in [5.41, 5.74) is 0. The molecule has 1 rings (SSSR count). The molecule has 1 N–H and O–H groups in total. The minimum Gasteiger partial charge on any atom is -0.369 e. The first-order chi connectivity index (χ1) is 9.28. The summed E-state index contributed by atoms with van der Waals surface area (Å²) in [6, 6.07) is 1.41. The van der Waals surface area contributed by atoms with Gasteiger partial charge < -0.3 is 10.2 Å². The molecule has 0 fully saturated rings. The summed E-state index contributed by atoms with van der Waals surface area (Å²) in [4.78, 5) is 5.23. The van der Waals surface area contributed by atoms with Crippen LogP contribution in [0.4, 0.5) is 24.8 Å². The van der Waals surface area contributed by atoms with Gasteiger partial charge >= 0.3 is 6.18 Å². The second-order valence-corrected chi connectivity index (χ2v) is 5.01. The number of hydrogen-bond donors (Lipinski definition) is 1. The molecule has 1 heterocycles. The highest BCUT2D eigenvalue weighted by Gasteiger charge is 2.32. The number of halogens is 5. The molecule has 0 aromatic carbocycles. The van der Waals surface area contributed by atoms with Gasteiger partial charge in [0.2, 0.25) is 0 Å². The number of alkyl halides is 3. The van der Waals surface area contributed by atoms with Gasteiger partial charge in [-0.15, -0.1) is 0 Å². The van der Waals surface area contributed by atoms with Gasteiger partial charge in [-0.2, -0.15) is 13.2 Å². The van der Waals surface area contributed by atoms with E-state index in [1.165, 1.54) is 6.07 Å². The quantitative estimate of drug-likeness (QED) is 0.826. The molecule has 0 saturated carbocycles. The molecular formula is C12H16Cl2F3N3. The van der Waals surface area contributed by atoms with Gasteiger partial charge in [-0.3, -0.25) is 0 Å². The van der Waals surface area contributed by atoms with Gasteiger partial charge in [0.1, 0.15) is 18.2 Å². The smallest absolute Gasteiger partial charge is 0.369 e. The zero-order chi connectivity index (χ0) is 15.3. The summed E-state index contributed by atoms with van der Waals surface area (Å²) in [7, 11) is 0. The van der Waals surface area contributed by atoms with Gasteiger partial charge in [-0.25, -0.2) is 4.98 Å². The lowest BCUT2D eigenvalue weighted by Crippen LogP contribution is -2.35. The van der Waals surface area contributed by atoms with Crippen LogP contribution in [0.5, 0.6) is 0 Å². The van der Waals surface area contributed by atoms with Crippen LogP contribution in [0.15, 0.2) is 6.07 Å². The van der Waals surface area contributed by atoms with Crippen LogP contribution in [0.3, 0.4) is 0 Å². The number of hydrogen-bond acceptors (Lipinski definition) is 3. The lowest BCUT2D eigenvalue weighted by atomic mass is 10.3. The monoisotopic (exact) mass is 329 g/mol. The Kier molecular flexibility index (Phi) is 6.20. The minimum absolute atomic E-state index is 0.0891. The molecule has 0 saturated heterocycles. The molecule has 0 atom stereocenters. The first kappa shape index (κ1) is 17.2. The van der Waals surface area contributed by atoms with Crippen molar-refractivity contribution in [1.29, 1.82) is 0 Å². The van der Waals surface area contributed by atoms with Gasteiger partial charge in [0.15, 0.2) is 0 Å². The normalized spacial score (nSPS) is 11.6. The zero-order valence-corrected chi connectivity index (χ0v) is 12.7. The fourth-order valence-corrected chi connectivity index (χ4v) is 2.26. The van der Waals surface area contributed by atoms with E-state index >= 15 is 0 Å². The Hall–Kier alpha value is -0.880. The molecule has 0 aliphatic carbocycles. The molecule has 0 aliphatic rings. The van der Waals surface area contributed by atoms with E-state index in [2.05, 4.69) is 10.3 Å². The Labute approximate surface area is 126 Å². The van der Waals surface area contributed by atoms with Crippen molar-refractivity contribution in [2.45, 2.75) is 26.4 Å². The lowest BCUT2D eigenvalue weighted by Gasteiger charge is -2.26. The maximum Gasteiger partial charge on any atom is 0.405 e. The molecule has 114 valence electrons. The molecule has 0 spiro atoms. The van der Waals surface area contributed by atoms with E-state index in [0.29, 0.717) is 18.8 Å². The van der Waals surface area contributed by atoms with Crippen molar-refractivity contribution in [2.24, 2.45) is 0 Å². The molecule has 3 nitrogen and oxygen atoms in total. The van der Waals surface area contributed by atoms with Gasteiger partial charge in [-0.05, 0) is 19.4 Å². The van der Waals surface area contributed by atoms with Crippen LogP contribution in [0, 0.1) is 0 Å². The highest BCUT2D eigenvalue weighted by Crippen LogP contribution is 2.33. The van der Waals surface area contributed by atoms with Crippen molar-refractivity contribution in [3.05, 3.63) is 16.1 Å². The summed E-state index contributed by atoms with van der Waals surface area (Å²) >= 11 is 11.9. The van der Waals surface area contributed by atoms with E-state index in [4.69, 9.17) is 23.2 Å². The molecule has 20 heavy (non-hydrogen) atoms. The Morgan fingerprint density at radius 3 is 2.40 bits per heavy atom. The zero-order valence-electron chi connectivity index (χ0n) is 11.2. The van der Waals surface area contributed by atoms with Crippen LogP contribution in [-0.2, 0) is 0 Å². The van der Waals surface area contributed by atoms with Crippen molar-refractivity contribution in [2.75, 3.05) is 29.9 Å². The SMILES string of the molecule is CCCN(CC(F)(F)F)c1nc(NCC)c(Cl)cc1Cl. The average molecular weight is 330 g/mol. The number of nitrogens with one attached hydrogen (secondary N) is 1. The topological polar surface area (TPSA) is 28.2 Å². The number of nitrogens with zero attached hydrogens (tertiary/aromatic N) is 2. The second-order valence-electron chi connectivity index (χ2n) is 4.19. The predicted octanol–water partition coefficient (Wildman–Crippen LogP) is 4.60. The highest BCUT2D eigenvalue weighted by molar-refractivity contribution is 6.37. The summed E-state index contributed by atoms with van der Waals surface area (Å²) in [5.74, 6) is 0.419. The van der Waals surface area contributed by atoms with Crippen LogP contribution < -0.4 is 10.2 Å². The maximum atomic E-state index is 12.6. The van der Waals surface area contributed by atoms with Crippen molar-refractivity contribution in [3.63, 3.8) is 0 Å². The third-order valence-electron chi connectivity index (χ3n) is 2.42. The van der Waals surface area contributed by atoms with E-state index in [0.717, 1.165) is 4.90 Å². The Bertz CT molecular complexity index is 452. The largest absolute Gasteiger partial charge is 0.405 e. The number of rotatable bonds is 6. The lowest BCUT2D eigenvalue weighted by molar-refractivity contribution is -0.119. The third-order valence-corrected chi connectivity index (χ3v) is 2.98. The van der Waals surface area contributed by atoms with Gasteiger partial charge in [0, 0.05) is 13.1 Å². The van der Waals surface area contributed by atoms with Gasteiger partial charge in [-0.1, -0.05) is 30.1 Å². The van der Waals surface area contributed by atoms with E-state index < -0.39 is 12.7 Å². The summed E-state index contributed by atoms with van der Waals surface area (Å²) in [5, 5.41) is 3.28. The molecule has 1 aromatic rings. The highest BCUT2D eigenvalue weighted by atomic mass is 35.5. The number of anilines is 2. The van der Waals surface area contributed by atoms with E-state index in [1.807, 2.05) is 6.92 Å². The average Bonchev–Trinajstić information content (AvgIpc) is 2.30. The molecular weight excluding hydrogens is 314 g/mol. The fraction of sp³-hybridized carbons (Fsp3) is 0.583. The molecule has 0 amide bonds. The molecule has 0 unspecified atom stereocenters. The maximum absolute atomic E-state index is 12.6. The van der Waals surface area contributed by atoms with E-state index in [1.54, 1.807) is 6.92 Å². The summed E-state index contributed by atoms with van der Waals surface area (Å²) < 4.78 is 37.9. The third kappa shape index (κ3) is 4.90. The first-order valence-corrected chi connectivity index (χ1v) is 6.95. The first-order valence-electron chi connectivity index (χ1n) is 6.20. The standard InChI is InChI=1S/C12H16Cl2F3N3/c1-3-5-20(7-12(15,16)17)11-9(14)6-8(13)10(19-11)18-4-2/h6H,3-5,7H2,1-2H3,(H,18,19). The molecule has 8 heteroatoms. The van der Waals surface area contributed by atoms with Crippen LogP contribution in [0.2, 0.25) is 10.0 Å². The number of aromatic nitrogens is 1. The summed E-state index contributed by atoms with van der Waals surface area (Å²) in [6.45, 7) is 3.30. The van der Waals surface area contributed by atoms with Crippen molar-refractivity contribution >= 4 is 34.8 Å². The Balaban J connectivity index is 3.14. The minimum atomic E-state index is -4.32. The summed E-state index contributed by atoms with van der Waals surface area (Å²) in [6.07, 6.45) is -3.77. The van der Waals surface area contributed by atoms with Crippen LogP contribution in [0.25, 0.3) is 0 Å². The number of pyridine rings is 1. The van der Waals surface area contributed by atoms with Crippen LogP contribution in [-0.4, -0.2) is 30.8 Å². The van der Waals surface area contributed by atoms with Gasteiger partial charge in [0.25, 0.3) is 0 Å². The molecule has 1 aromatic heterocycles. The van der Waals surface area contributed by atoms with E-state index in [-0.39, 0.29) is 22.4 Å². The molecule has 0 bridgehead atoms. The molecule has 0 aliphatic heterocycles. The van der Waals surface area contributed by atoms with E-state index in [9.17, 15) is 13.2 Å². The second kappa shape index (κ2) is 7.22. The van der Waals surface area contributed by atoms with Gasteiger partial charge in [0.05, 0.1) is 10.0 Å². The molecule has 0 radical (unpaired) electrons. The fourth-order valence-electron chi connectivity index (χ4n) is 1.72. The van der Waals surface area contributed by atoms with Crippen molar-refractivity contribution < 1.29 is 13.2 Å². The Morgan fingerprint density at radius 2 is 1.90 bits per heavy atom. The van der Waals surface area contributed by atoms with Crippen LogP contribution >= 0.6 is 23.2 Å². The Morgan fingerprint density at radius 1 is 1.25 bits per heavy atom.